The maximum atomic E-state index is 12.5. The number of carbonyl (C=O) groups excluding carboxylic acids is 1. The van der Waals surface area contributed by atoms with Gasteiger partial charge in [0.15, 0.2) is 0 Å². The molecule has 0 aromatic carbocycles. The Morgan fingerprint density at radius 3 is 2.75 bits per heavy atom. The van der Waals surface area contributed by atoms with Crippen LogP contribution in [0.2, 0.25) is 0 Å². The van der Waals surface area contributed by atoms with Crippen molar-refractivity contribution in [3.63, 3.8) is 0 Å². The van der Waals surface area contributed by atoms with Crippen molar-refractivity contribution in [2.45, 2.75) is 26.4 Å². The Balaban J connectivity index is 2.32. The van der Waals surface area contributed by atoms with Crippen molar-refractivity contribution in [2.75, 3.05) is 13.1 Å². The number of hydrogen-bond donors (Lipinski definition) is 1. The lowest BCUT2D eigenvalue weighted by atomic mass is 9.96. The molecule has 20 heavy (non-hydrogen) atoms. The minimum atomic E-state index is -0.596. The number of aromatic nitrogens is 2. The topological polar surface area (TPSA) is 102 Å². The molecule has 1 aliphatic rings. The van der Waals surface area contributed by atoms with E-state index in [1.54, 1.807) is 0 Å². The molecule has 0 bridgehead atoms. The number of aliphatic hydroxyl groups is 1. The van der Waals surface area contributed by atoms with E-state index in [2.05, 4.69) is 5.10 Å². The molecule has 8 nitrogen and oxygen atoms in total. The van der Waals surface area contributed by atoms with Gasteiger partial charge in [0.05, 0.1) is 11.0 Å². The number of amides is 1. The van der Waals surface area contributed by atoms with E-state index in [0.717, 1.165) is 0 Å². The second-order valence-electron chi connectivity index (χ2n) is 5.25. The first-order valence-corrected chi connectivity index (χ1v) is 6.48. The summed E-state index contributed by atoms with van der Waals surface area (Å²) >= 11 is 0. The van der Waals surface area contributed by atoms with Gasteiger partial charge in [-0.15, -0.1) is 0 Å². The summed E-state index contributed by atoms with van der Waals surface area (Å²) in [7, 11) is 1.51. The Morgan fingerprint density at radius 1 is 1.55 bits per heavy atom. The third-order valence-electron chi connectivity index (χ3n) is 3.78. The summed E-state index contributed by atoms with van der Waals surface area (Å²) in [5.74, 6) is -0.326. The number of nitro groups is 1. The first-order chi connectivity index (χ1) is 9.32. The molecule has 2 rings (SSSR count). The second kappa shape index (κ2) is 5.20. The third kappa shape index (κ3) is 2.38. The van der Waals surface area contributed by atoms with Crippen LogP contribution in [0.15, 0.2) is 0 Å². The number of rotatable bonds is 2. The van der Waals surface area contributed by atoms with Crippen LogP contribution in [-0.4, -0.2) is 49.8 Å². The molecule has 0 spiro atoms. The molecule has 1 saturated heterocycles. The number of nitrogens with zero attached hydrogens (tertiary/aromatic N) is 4. The van der Waals surface area contributed by atoms with Gasteiger partial charge in [0.1, 0.15) is 5.69 Å². The number of hydrogen-bond acceptors (Lipinski definition) is 5. The molecular formula is C12H18N4O4. The zero-order valence-corrected chi connectivity index (χ0v) is 11.7. The molecule has 0 saturated carbocycles. The highest BCUT2D eigenvalue weighted by atomic mass is 16.6. The van der Waals surface area contributed by atoms with E-state index < -0.39 is 16.9 Å². The SMILES string of the molecule is Cc1nn(C)c(C(=O)N2CCC(C)C(O)C2)c1[N+](=O)[O-]. The molecule has 2 atom stereocenters. The fourth-order valence-corrected chi connectivity index (χ4v) is 2.49. The zero-order chi connectivity index (χ0) is 15.0. The maximum Gasteiger partial charge on any atom is 0.322 e. The normalized spacial score (nSPS) is 22.9. The molecular weight excluding hydrogens is 264 g/mol. The number of likely N-dealkylation sites (tertiary alicyclic amines) is 1. The van der Waals surface area contributed by atoms with E-state index in [-0.39, 0.29) is 29.5 Å². The number of β-amino-alcohol motifs (C(OH)–C–C–N with tert-alkyl or cyclic N) is 1. The molecule has 1 N–H and O–H groups in total. The van der Waals surface area contributed by atoms with Crippen LogP contribution in [0.1, 0.15) is 29.5 Å². The van der Waals surface area contributed by atoms with Gasteiger partial charge < -0.3 is 10.0 Å². The minimum absolute atomic E-state index is 0.0331. The summed E-state index contributed by atoms with van der Waals surface area (Å²) in [6, 6.07) is 0. The van der Waals surface area contributed by atoms with Gasteiger partial charge in [0.25, 0.3) is 5.91 Å². The highest BCUT2D eigenvalue weighted by Gasteiger charge is 2.35. The van der Waals surface area contributed by atoms with Crippen molar-refractivity contribution in [2.24, 2.45) is 13.0 Å². The number of piperidine rings is 1. The summed E-state index contributed by atoms with van der Waals surface area (Å²) in [6.45, 7) is 4.10. The van der Waals surface area contributed by atoms with E-state index in [4.69, 9.17) is 0 Å². The Hall–Kier alpha value is -1.96. The van der Waals surface area contributed by atoms with Gasteiger partial charge in [0, 0.05) is 20.1 Å². The standard InChI is InChI=1S/C12H18N4O4/c1-7-4-5-15(6-9(7)17)12(18)11-10(16(19)20)8(2)13-14(11)3/h7,9,17H,4-6H2,1-3H3. The molecule has 110 valence electrons. The third-order valence-corrected chi connectivity index (χ3v) is 3.78. The van der Waals surface area contributed by atoms with E-state index in [9.17, 15) is 20.0 Å². The van der Waals surface area contributed by atoms with E-state index >= 15 is 0 Å². The number of aliphatic hydroxyl groups excluding tert-OH is 1. The average molecular weight is 282 g/mol. The number of carbonyl (C=O) groups is 1. The second-order valence-corrected chi connectivity index (χ2v) is 5.25. The van der Waals surface area contributed by atoms with Crippen molar-refractivity contribution in [1.82, 2.24) is 14.7 Å². The molecule has 1 aromatic rings. The Morgan fingerprint density at radius 2 is 2.20 bits per heavy atom. The maximum absolute atomic E-state index is 12.5. The predicted molar refractivity (Wildman–Crippen MR) is 70.3 cm³/mol. The zero-order valence-electron chi connectivity index (χ0n) is 11.7. The summed E-state index contributed by atoms with van der Waals surface area (Å²) in [5, 5.41) is 24.9. The lowest BCUT2D eigenvalue weighted by Crippen LogP contribution is -2.46. The van der Waals surface area contributed by atoms with Crippen molar-refractivity contribution in [1.29, 1.82) is 0 Å². The largest absolute Gasteiger partial charge is 0.391 e. The van der Waals surface area contributed by atoms with Crippen molar-refractivity contribution in [3.05, 3.63) is 21.5 Å². The van der Waals surface area contributed by atoms with Gasteiger partial charge in [-0.1, -0.05) is 6.92 Å². The highest BCUT2D eigenvalue weighted by Crippen LogP contribution is 2.26. The molecule has 1 fully saturated rings. The summed E-state index contributed by atoms with van der Waals surface area (Å²) < 4.78 is 1.24. The van der Waals surface area contributed by atoms with Crippen molar-refractivity contribution in [3.8, 4) is 0 Å². The van der Waals surface area contributed by atoms with Crippen LogP contribution in [0.3, 0.4) is 0 Å². The van der Waals surface area contributed by atoms with E-state index in [1.165, 1.54) is 23.6 Å². The van der Waals surface area contributed by atoms with Crippen LogP contribution in [0.25, 0.3) is 0 Å². The Labute approximate surface area is 116 Å². The first-order valence-electron chi connectivity index (χ1n) is 6.48. The van der Waals surface area contributed by atoms with Crippen LogP contribution in [-0.2, 0) is 7.05 Å². The summed E-state index contributed by atoms with van der Waals surface area (Å²) in [4.78, 5) is 24.4. The summed E-state index contributed by atoms with van der Waals surface area (Å²) in [6.07, 6.45) is 0.0819. The number of aryl methyl sites for hydroxylation is 2. The molecule has 1 amide bonds. The van der Waals surface area contributed by atoms with Crippen molar-refractivity contribution < 1.29 is 14.8 Å². The van der Waals surface area contributed by atoms with Crippen LogP contribution in [0.4, 0.5) is 5.69 Å². The first kappa shape index (κ1) is 14.4. The molecule has 2 unspecified atom stereocenters. The smallest absolute Gasteiger partial charge is 0.322 e. The Kier molecular flexibility index (Phi) is 3.76. The predicted octanol–water partition coefficient (Wildman–Crippen LogP) is 0.480. The van der Waals surface area contributed by atoms with Crippen molar-refractivity contribution >= 4 is 11.6 Å². The van der Waals surface area contributed by atoms with Crippen LogP contribution in [0, 0.1) is 23.0 Å². The van der Waals surface area contributed by atoms with Gasteiger partial charge in [-0.3, -0.25) is 19.6 Å². The fourth-order valence-electron chi connectivity index (χ4n) is 2.49. The van der Waals surface area contributed by atoms with Crippen LogP contribution in [0.5, 0.6) is 0 Å². The minimum Gasteiger partial charge on any atom is -0.391 e. The quantitative estimate of drug-likeness (QED) is 0.628. The molecule has 8 heteroatoms. The van der Waals surface area contributed by atoms with Gasteiger partial charge >= 0.3 is 5.69 Å². The molecule has 0 aliphatic carbocycles. The van der Waals surface area contributed by atoms with Gasteiger partial charge in [-0.25, -0.2) is 0 Å². The molecule has 0 radical (unpaired) electrons. The lowest BCUT2D eigenvalue weighted by molar-refractivity contribution is -0.385. The lowest BCUT2D eigenvalue weighted by Gasteiger charge is -2.34. The summed E-state index contributed by atoms with van der Waals surface area (Å²) in [5.41, 5.74) is -0.0772. The van der Waals surface area contributed by atoms with Crippen LogP contribution < -0.4 is 0 Å². The average Bonchev–Trinajstić information content (AvgIpc) is 2.66. The molecule has 1 aliphatic heterocycles. The van der Waals surface area contributed by atoms with Gasteiger partial charge in [-0.2, -0.15) is 5.10 Å². The molecule has 2 heterocycles. The monoisotopic (exact) mass is 282 g/mol. The fraction of sp³-hybridized carbons (Fsp3) is 0.667. The van der Waals surface area contributed by atoms with E-state index in [1.807, 2.05) is 6.92 Å². The highest BCUT2D eigenvalue weighted by molar-refractivity contribution is 5.97. The molecule has 1 aromatic heterocycles. The van der Waals surface area contributed by atoms with Gasteiger partial charge in [0.2, 0.25) is 5.69 Å². The van der Waals surface area contributed by atoms with Gasteiger partial charge in [-0.05, 0) is 19.3 Å². The Bertz CT molecular complexity index is 554. The van der Waals surface area contributed by atoms with E-state index in [0.29, 0.717) is 13.0 Å². The van der Waals surface area contributed by atoms with Crippen LogP contribution >= 0.6 is 0 Å².